The van der Waals surface area contributed by atoms with Crippen LogP contribution in [-0.2, 0) is 12.8 Å². The fourth-order valence-corrected chi connectivity index (χ4v) is 3.75. The molecule has 2 aromatic rings. The molecule has 1 heterocycles. The fourth-order valence-electron chi connectivity index (χ4n) is 2.60. The number of carbonyl (C=O) groups is 1. The first kappa shape index (κ1) is 14.1. The number of amides is 1. The molecule has 0 fully saturated rings. The van der Waals surface area contributed by atoms with E-state index in [9.17, 15) is 9.18 Å². The zero-order valence-corrected chi connectivity index (χ0v) is 12.4. The maximum atomic E-state index is 13.7. The first-order valence-electron chi connectivity index (χ1n) is 7.11. The molecule has 1 aliphatic carbocycles. The van der Waals surface area contributed by atoms with E-state index in [1.54, 1.807) is 0 Å². The van der Waals surface area contributed by atoms with Crippen molar-refractivity contribution in [3.63, 3.8) is 0 Å². The van der Waals surface area contributed by atoms with Gasteiger partial charge in [0.15, 0.2) is 0 Å². The number of thiophene rings is 1. The van der Waals surface area contributed by atoms with Gasteiger partial charge >= 0.3 is 0 Å². The molecule has 0 unspecified atom stereocenters. The predicted molar refractivity (Wildman–Crippen MR) is 84.3 cm³/mol. The summed E-state index contributed by atoms with van der Waals surface area (Å²) in [7, 11) is 0. The van der Waals surface area contributed by atoms with E-state index in [1.807, 2.05) is 6.07 Å². The first-order valence-corrected chi connectivity index (χ1v) is 7.93. The van der Waals surface area contributed by atoms with Gasteiger partial charge in [-0.2, -0.15) is 0 Å². The van der Waals surface area contributed by atoms with Gasteiger partial charge in [0, 0.05) is 10.6 Å². The van der Waals surface area contributed by atoms with Crippen molar-refractivity contribution in [2.75, 3.05) is 11.1 Å². The van der Waals surface area contributed by atoms with E-state index >= 15 is 0 Å². The van der Waals surface area contributed by atoms with Gasteiger partial charge < -0.3 is 11.1 Å². The quantitative estimate of drug-likeness (QED) is 0.651. The van der Waals surface area contributed by atoms with Gasteiger partial charge in [0.05, 0.1) is 10.6 Å². The lowest BCUT2D eigenvalue weighted by molar-refractivity contribution is 0.103. The number of rotatable bonds is 2. The van der Waals surface area contributed by atoms with E-state index in [0.717, 1.165) is 12.8 Å². The minimum atomic E-state index is -0.476. The number of nitrogens with one attached hydrogen (secondary N) is 1. The second-order valence-corrected chi connectivity index (χ2v) is 6.45. The molecule has 5 heteroatoms. The Morgan fingerprint density at radius 3 is 2.86 bits per heavy atom. The Morgan fingerprint density at radius 1 is 1.19 bits per heavy atom. The Hall–Kier alpha value is -1.88. The number of hydrogen-bond donors (Lipinski definition) is 2. The van der Waals surface area contributed by atoms with Crippen LogP contribution in [0.3, 0.4) is 0 Å². The third-order valence-electron chi connectivity index (χ3n) is 3.71. The van der Waals surface area contributed by atoms with E-state index in [-0.39, 0.29) is 11.6 Å². The van der Waals surface area contributed by atoms with Crippen LogP contribution >= 0.6 is 11.3 Å². The molecule has 3 N–H and O–H groups in total. The number of anilines is 2. The molecule has 0 saturated carbocycles. The summed E-state index contributed by atoms with van der Waals surface area (Å²) in [5, 5.41) is 2.61. The van der Waals surface area contributed by atoms with Crippen molar-refractivity contribution in [2.45, 2.75) is 32.1 Å². The molecule has 0 spiro atoms. The average Bonchev–Trinajstić information content (AvgIpc) is 2.74. The monoisotopic (exact) mass is 304 g/mol. The van der Waals surface area contributed by atoms with Crippen LogP contribution in [0, 0.1) is 5.82 Å². The van der Waals surface area contributed by atoms with E-state index < -0.39 is 5.82 Å². The Balaban J connectivity index is 1.81. The molecule has 0 atom stereocenters. The lowest BCUT2D eigenvalue weighted by Gasteiger charge is -2.06. The Labute approximate surface area is 127 Å². The minimum absolute atomic E-state index is 0.128. The molecule has 110 valence electrons. The van der Waals surface area contributed by atoms with Crippen LogP contribution in [0.4, 0.5) is 15.8 Å². The summed E-state index contributed by atoms with van der Waals surface area (Å²) in [6.07, 6.45) is 5.68. The van der Waals surface area contributed by atoms with Crippen LogP contribution in [0.25, 0.3) is 0 Å². The Bertz CT molecular complexity index is 657. The molecule has 3 nitrogen and oxygen atoms in total. The number of nitrogen functional groups attached to an aromatic ring is 1. The van der Waals surface area contributed by atoms with Crippen LogP contribution in [0.1, 0.15) is 39.4 Å². The van der Waals surface area contributed by atoms with E-state index in [4.69, 9.17) is 5.73 Å². The van der Waals surface area contributed by atoms with Crippen molar-refractivity contribution in [3.8, 4) is 0 Å². The van der Waals surface area contributed by atoms with Crippen LogP contribution in [-0.4, -0.2) is 5.91 Å². The highest BCUT2D eigenvalue weighted by atomic mass is 32.1. The van der Waals surface area contributed by atoms with Crippen molar-refractivity contribution in [3.05, 3.63) is 45.4 Å². The lowest BCUT2D eigenvalue weighted by atomic mass is 10.1. The topological polar surface area (TPSA) is 55.1 Å². The standard InChI is InChI=1S/C16H17FN2OS/c17-12-7-6-11(18)9-13(12)19-16(20)15-8-10-4-2-1-3-5-14(10)21-15/h6-9H,1-5,18H2,(H,19,20). The number of fused-ring (bicyclic) bond motifs is 1. The number of carbonyl (C=O) groups excluding carboxylic acids is 1. The van der Waals surface area contributed by atoms with E-state index in [1.165, 1.54) is 59.2 Å². The molecule has 1 amide bonds. The molecule has 21 heavy (non-hydrogen) atoms. The average molecular weight is 304 g/mol. The number of aryl methyl sites for hydroxylation is 2. The summed E-state index contributed by atoms with van der Waals surface area (Å²) in [5.74, 6) is -0.742. The molecule has 0 radical (unpaired) electrons. The first-order chi connectivity index (χ1) is 10.1. The summed E-state index contributed by atoms with van der Waals surface area (Å²) in [4.78, 5) is 14.2. The van der Waals surface area contributed by atoms with Gasteiger partial charge in [0.1, 0.15) is 5.82 Å². The molecule has 3 rings (SSSR count). The number of benzene rings is 1. The Morgan fingerprint density at radius 2 is 2.00 bits per heavy atom. The fraction of sp³-hybridized carbons (Fsp3) is 0.312. The van der Waals surface area contributed by atoms with Gasteiger partial charge in [-0.25, -0.2) is 4.39 Å². The maximum Gasteiger partial charge on any atom is 0.265 e. The SMILES string of the molecule is Nc1ccc(F)c(NC(=O)c2cc3c(s2)CCCCC3)c1. The van der Waals surface area contributed by atoms with Gasteiger partial charge in [-0.05, 0) is 55.5 Å². The molecule has 0 saturated heterocycles. The second-order valence-electron chi connectivity index (χ2n) is 5.31. The molecule has 1 aliphatic rings. The van der Waals surface area contributed by atoms with Crippen molar-refractivity contribution in [2.24, 2.45) is 0 Å². The molecule has 1 aromatic heterocycles. The van der Waals surface area contributed by atoms with Crippen molar-refractivity contribution in [1.29, 1.82) is 0 Å². The highest BCUT2D eigenvalue weighted by Crippen LogP contribution is 2.29. The van der Waals surface area contributed by atoms with Crippen LogP contribution in [0.15, 0.2) is 24.3 Å². The highest BCUT2D eigenvalue weighted by molar-refractivity contribution is 7.14. The lowest BCUT2D eigenvalue weighted by Crippen LogP contribution is -2.11. The third-order valence-corrected chi connectivity index (χ3v) is 4.94. The predicted octanol–water partition coefficient (Wildman–Crippen LogP) is 3.99. The van der Waals surface area contributed by atoms with Gasteiger partial charge in [0.2, 0.25) is 0 Å². The molecule has 0 aliphatic heterocycles. The summed E-state index contributed by atoms with van der Waals surface area (Å²) in [6.45, 7) is 0. The van der Waals surface area contributed by atoms with Gasteiger partial charge in [-0.3, -0.25) is 4.79 Å². The Kier molecular flexibility index (Phi) is 3.92. The largest absolute Gasteiger partial charge is 0.399 e. The van der Waals surface area contributed by atoms with E-state index in [2.05, 4.69) is 5.32 Å². The molecule has 1 aromatic carbocycles. The zero-order chi connectivity index (χ0) is 14.8. The van der Waals surface area contributed by atoms with Crippen molar-refractivity contribution >= 4 is 28.6 Å². The maximum absolute atomic E-state index is 13.7. The van der Waals surface area contributed by atoms with Gasteiger partial charge in [0.25, 0.3) is 5.91 Å². The minimum Gasteiger partial charge on any atom is -0.399 e. The molecular formula is C16H17FN2OS. The summed E-state index contributed by atoms with van der Waals surface area (Å²) < 4.78 is 13.7. The number of nitrogens with two attached hydrogens (primary N) is 1. The smallest absolute Gasteiger partial charge is 0.265 e. The molecule has 0 bridgehead atoms. The molecular weight excluding hydrogens is 287 g/mol. The second kappa shape index (κ2) is 5.85. The van der Waals surface area contributed by atoms with Crippen LogP contribution < -0.4 is 11.1 Å². The summed E-state index contributed by atoms with van der Waals surface area (Å²) in [5.41, 5.74) is 7.45. The van der Waals surface area contributed by atoms with Gasteiger partial charge in [-0.1, -0.05) is 6.42 Å². The third kappa shape index (κ3) is 3.08. The summed E-state index contributed by atoms with van der Waals surface area (Å²) in [6, 6.07) is 6.11. The van der Waals surface area contributed by atoms with Gasteiger partial charge in [-0.15, -0.1) is 11.3 Å². The van der Waals surface area contributed by atoms with Crippen molar-refractivity contribution in [1.82, 2.24) is 0 Å². The summed E-state index contributed by atoms with van der Waals surface area (Å²) >= 11 is 1.52. The highest BCUT2D eigenvalue weighted by Gasteiger charge is 2.17. The van der Waals surface area contributed by atoms with E-state index in [0.29, 0.717) is 10.6 Å². The van der Waals surface area contributed by atoms with Crippen molar-refractivity contribution < 1.29 is 9.18 Å². The van der Waals surface area contributed by atoms with Crippen LogP contribution in [0.5, 0.6) is 0 Å². The zero-order valence-electron chi connectivity index (χ0n) is 11.6. The number of halogens is 1. The number of hydrogen-bond acceptors (Lipinski definition) is 3. The van der Waals surface area contributed by atoms with Crippen LogP contribution in [0.2, 0.25) is 0 Å². The normalized spacial score (nSPS) is 14.3.